The zero-order valence-electron chi connectivity index (χ0n) is 52.4. The molecule has 0 unspecified atom stereocenters. The zero-order chi connectivity index (χ0) is 61.2. The van der Waals surface area contributed by atoms with E-state index in [0.717, 1.165) is 76.0 Å². The molecule has 8 nitrogen and oxygen atoms in total. The fourth-order valence-electron chi connectivity index (χ4n) is 11.7. The van der Waals surface area contributed by atoms with Gasteiger partial charge in [-0.25, -0.2) is 0 Å². The molecule has 1 radical (unpaired) electrons. The van der Waals surface area contributed by atoms with Crippen molar-refractivity contribution in [3.63, 3.8) is 0 Å². The number of nitriles is 1. The number of aromatic nitrogens is 4. The molecule has 0 aliphatic heterocycles. The first kappa shape index (κ1) is 64.6. The van der Waals surface area contributed by atoms with Gasteiger partial charge in [-0.15, -0.1) is 54.1 Å². The molecule has 0 bridgehead atoms. The number of benzene rings is 8. The predicted octanol–water partition coefficient (Wildman–Crippen LogP) is 21.3. The minimum Gasteiger partial charge on any atom is -0.512 e. The normalized spacial score (nSPS) is 11.6. The van der Waals surface area contributed by atoms with E-state index in [4.69, 9.17) is 9.40 Å². The number of fused-ring (bicyclic) bond motifs is 4. The number of allylic oxidation sites excluding steroid dienone is 2. The minimum atomic E-state index is 0. The Bertz CT molecular complexity index is 4110. The Kier molecular flexibility index (Phi) is 21.8. The van der Waals surface area contributed by atoms with Crippen LogP contribution in [0, 0.1) is 35.3 Å². The maximum atomic E-state index is 11.7. The summed E-state index contributed by atoms with van der Waals surface area (Å²) in [7, 11) is 0. The number of carbonyl (C=O) groups is 1. The number of para-hydroxylation sites is 3. The number of imidazole rings is 2. The van der Waals surface area contributed by atoms with Gasteiger partial charge in [0.2, 0.25) is 0 Å². The van der Waals surface area contributed by atoms with Crippen LogP contribution in [0.15, 0.2) is 192 Å². The number of carbonyl (C=O) groups excluding carboxylic acids is 1. The molecule has 0 saturated heterocycles. The Hall–Kier alpha value is -8.41. The number of furan rings is 1. The van der Waals surface area contributed by atoms with Crippen LogP contribution in [0.5, 0.6) is 0 Å². The van der Waals surface area contributed by atoms with Crippen LogP contribution in [0.2, 0.25) is 0 Å². The molecule has 447 valence electrons. The molecule has 1 N–H and O–H groups in total. The van der Waals surface area contributed by atoms with E-state index >= 15 is 0 Å². The van der Waals surface area contributed by atoms with E-state index in [1.54, 1.807) is 6.07 Å². The largest absolute Gasteiger partial charge is 0.512 e. The maximum Gasteiger partial charge on any atom is 0.162 e. The quantitative estimate of drug-likeness (QED) is 0.0552. The number of nitrogens with zero attached hydrogens (tertiary/aromatic N) is 5. The number of aliphatic hydroxyl groups is 1. The summed E-state index contributed by atoms with van der Waals surface area (Å²) in [4.78, 5) is 21.6. The number of rotatable bonds is 17. The maximum absolute atomic E-state index is 11.7. The van der Waals surface area contributed by atoms with E-state index in [2.05, 4.69) is 203 Å². The summed E-state index contributed by atoms with van der Waals surface area (Å²) in [5, 5.41) is 21.2. The van der Waals surface area contributed by atoms with E-state index in [1.807, 2.05) is 82.4 Å². The van der Waals surface area contributed by atoms with Crippen molar-refractivity contribution >= 4 is 38.8 Å². The van der Waals surface area contributed by atoms with Crippen molar-refractivity contribution in [1.29, 1.82) is 5.26 Å². The third kappa shape index (κ3) is 14.1. The van der Waals surface area contributed by atoms with Gasteiger partial charge in [-0.2, -0.15) is 5.26 Å². The first-order valence-electron chi connectivity index (χ1n) is 30.8. The number of hydrogen-bond donors (Lipinski definition) is 1. The zero-order valence-corrected chi connectivity index (χ0v) is 54.8. The van der Waals surface area contributed by atoms with Gasteiger partial charge in [-0.05, 0) is 130 Å². The van der Waals surface area contributed by atoms with Crippen molar-refractivity contribution in [3.8, 4) is 62.5 Å². The van der Waals surface area contributed by atoms with Crippen molar-refractivity contribution in [1.82, 2.24) is 19.1 Å². The van der Waals surface area contributed by atoms with Crippen LogP contribution in [-0.4, -0.2) is 30.0 Å². The van der Waals surface area contributed by atoms with Crippen LogP contribution < -0.4 is 0 Å². The first-order chi connectivity index (χ1) is 41.6. The number of aliphatic hydroxyl groups excluding tert-OH is 1. The molecule has 0 saturated carbocycles. The minimum absolute atomic E-state index is 0. The summed E-state index contributed by atoms with van der Waals surface area (Å²) >= 11 is 0. The van der Waals surface area contributed by atoms with Crippen LogP contribution in [0.4, 0.5) is 0 Å². The molecule has 87 heavy (non-hydrogen) atoms. The second kappa shape index (κ2) is 29.3. The van der Waals surface area contributed by atoms with Gasteiger partial charge in [0.1, 0.15) is 5.58 Å². The Labute approximate surface area is 529 Å². The van der Waals surface area contributed by atoms with Crippen molar-refractivity contribution < 1.29 is 34.4 Å². The Balaban J connectivity index is 0.000000208. The second-order valence-corrected chi connectivity index (χ2v) is 23.5. The summed E-state index contributed by atoms with van der Waals surface area (Å²) in [6.45, 7) is 26.1. The molecule has 0 aliphatic rings. The topological polar surface area (TPSA) is 110 Å². The van der Waals surface area contributed by atoms with Crippen molar-refractivity contribution in [2.45, 2.75) is 132 Å². The molecule has 8 aromatic carbocycles. The van der Waals surface area contributed by atoms with Crippen molar-refractivity contribution in [2.75, 3.05) is 0 Å². The monoisotopic (exact) mass is 1330 g/mol. The van der Waals surface area contributed by atoms with Crippen LogP contribution in [0.25, 0.3) is 89.4 Å². The standard InChI is InChI=1S/C44H34N3O.C21H23N2.C13H24O2.Ir/c1-27(2)37-24-33(32-20-18-31(19-21-32)30-11-6-5-7-12-30)25-38(28(3)4)42(37)47-40-16-9-8-15-39(40)46-44(47)36-14-10-13-35-34-22-17-29(26-45)23-41(34)48-43(35)36;1-15(2)18-11-8-12-19(16(3)4)20(18)23-14-13-22-21(23)17-9-6-5-7-10-17;1-5-10(6-2)12(14)9-13(15)11(7-3)8-4;/h5-13,15-25,27-28H,1-4H3;5-9,11-16H,1-4H3;9-11,14H,5-8H2,1-4H3;/q2*-1;;/b;;12-9-;. The summed E-state index contributed by atoms with van der Waals surface area (Å²) in [6, 6.07) is 65.7. The molecule has 0 fully saturated rings. The van der Waals surface area contributed by atoms with Crippen molar-refractivity contribution in [2.24, 2.45) is 11.8 Å². The van der Waals surface area contributed by atoms with Gasteiger partial charge >= 0.3 is 0 Å². The Morgan fingerprint density at radius 2 is 1.18 bits per heavy atom. The first-order valence-corrected chi connectivity index (χ1v) is 30.8. The molecule has 3 aromatic heterocycles. The molecular weight excluding hydrogens is 1250 g/mol. The fourth-order valence-corrected chi connectivity index (χ4v) is 11.7. The average Bonchev–Trinajstić information content (AvgIpc) is 1.69. The third-order valence-electron chi connectivity index (χ3n) is 16.6. The van der Waals surface area contributed by atoms with Gasteiger partial charge in [0, 0.05) is 67.2 Å². The van der Waals surface area contributed by atoms with Crippen molar-refractivity contribution in [3.05, 3.63) is 228 Å². The molecule has 9 heteroatoms. The summed E-state index contributed by atoms with van der Waals surface area (Å²) in [5.74, 6) is 3.67. The molecule has 3 heterocycles. The summed E-state index contributed by atoms with van der Waals surface area (Å²) < 4.78 is 11.0. The van der Waals surface area contributed by atoms with Crippen LogP contribution in [-0.2, 0) is 24.9 Å². The molecule has 0 aliphatic carbocycles. The summed E-state index contributed by atoms with van der Waals surface area (Å²) in [6.07, 6.45) is 8.84. The third-order valence-corrected chi connectivity index (χ3v) is 16.6. The molecule has 11 rings (SSSR count). The van der Waals surface area contributed by atoms with E-state index in [-0.39, 0.29) is 55.3 Å². The van der Waals surface area contributed by atoms with Crippen LogP contribution in [0.3, 0.4) is 0 Å². The van der Waals surface area contributed by atoms with Gasteiger partial charge in [0.05, 0.1) is 45.7 Å². The molecule has 0 amide bonds. The smallest absolute Gasteiger partial charge is 0.162 e. The van der Waals surface area contributed by atoms with Crippen LogP contribution >= 0.6 is 0 Å². The predicted molar refractivity (Wildman–Crippen MR) is 356 cm³/mol. The van der Waals surface area contributed by atoms with E-state index in [1.165, 1.54) is 56.3 Å². The van der Waals surface area contributed by atoms with Crippen LogP contribution in [0.1, 0.15) is 160 Å². The Morgan fingerprint density at radius 1 is 0.598 bits per heavy atom. The van der Waals surface area contributed by atoms with Gasteiger partial charge in [-0.3, -0.25) is 14.8 Å². The van der Waals surface area contributed by atoms with E-state index < -0.39 is 0 Å². The molecule has 0 atom stereocenters. The molecule has 0 spiro atoms. The number of hydrogen-bond acceptors (Lipinski definition) is 6. The molecular formula is C78H81IrN5O3-2. The summed E-state index contributed by atoms with van der Waals surface area (Å²) in [5.41, 5.74) is 18.2. The average molecular weight is 1330 g/mol. The van der Waals surface area contributed by atoms with Gasteiger partial charge in [0.15, 0.2) is 5.78 Å². The van der Waals surface area contributed by atoms with E-state index in [9.17, 15) is 15.2 Å². The second-order valence-electron chi connectivity index (χ2n) is 23.5. The molecule has 11 aromatic rings. The van der Waals surface area contributed by atoms with Gasteiger partial charge in [-0.1, -0.05) is 185 Å². The fraction of sp³-hybridized carbons (Fsp3) is 0.282. The van der Waals surface area contributed by atoms with Gasteiger partial charge < -0.3 is 18.7 Å². The Morgan fingerprint density at radius 3 is 1.77 bits per heavy atom. The SMILES string of the molecule is CC(C)c1cc(-c2ccc(-c3ccccc3)cc2)cc(C(C)C)c1-n1c(-c2[c-]ccc3c2oc2cc(C#N)ccc23)nc2ccccc21.CC(C)c1cccc(C(C)C)c1-n1ccnc1-c1[c-]cccc1.CCC(CC)C(=O)/C=C(\O)C(CC)CC.[Ir]. The van der Waals surface area contributed by atoms with Gasteiger partial charge in [0.25, 0.3) is 0 Å². The number of ketones is 1. The van der Waals surface area contributed by atoms with E-state index in [0.29, 0.717) is 28.6 Å².